The van der Waals surface area contributed by atoms with E-state index < -0.39 is 0 Å². The van der Waals surface area contributed by atoms with E-state index in [0.717, 1.165) is 5.39 Å². The van der Waals surface area contributed by atoms with E-state index >= 15 is 0 Å². The molecule has 50 valence electrons. The van der Waals surface area contributed by atoms with Crippen molar-refractivity contribution in [1.82, 2.24) is 4.98 Å². The highest BCUT2D eigenvalue weighted by Gasteiger charge is 2.00. The Hall–Kier alpha value is -0.830. The maximum atomic E-state index is 7.29. The van der Waals surface area contributed by atoms with E-state index in [0.29, 0.717) is 10.2 Å². The number of aromatic nitrogens is 1. The van der Waals surface area contributed by atoms with E-state index in [1.165, 1.54) is 0 Å². The molecule has 2 nitrogen and oxygen atoms in total. The van der Waals surface area contributed by atoms with Gasteiger partial charge < -0.3 is 4.42 Å². The molecule has 0 aliphatic rings. The van der Waals surface area contributed by atoms with E-state index in [1.807, 2.05) is 12.1 Å². The average Bonchev–Trinajstić information content (AvgIpc) is 2.30. The number of nitrogens with zero attached hydrogens (tertiary/aromatic N) is 1. The second kappa shape index (κ2) is 2.09. The smallest absolute Gasteiger partial charge is 0.226 e. The van der Waals surface area contributed by atoms with Crippen molar-refractivity contribution in [2.75, 3.05) is 0 Å². The maximum absolute atomic E-state index is 7.29. The zero-order chi connectivity index (χ0) is 7.84. The van der Waals surface area contributed by atoms with Gasteiger partial charge in [0.2, 0.25) is 5.71 Å². The Bertz CT molecular complexity index is 398. The van der Waals surface area contributed by atoms with Gasteiger partial charge in [-0.05, 0) is 28.1 Å². The molecule has 0 saturated carbocycles. The summed E-state index contributed by atoms with van der Waals surface area (Å²) < 4.78 is 13.0. The molecule has 0 aromatic carbocycles. The fourth-order valence-electron chi connectivity index (χ4n) is 0.787. The molecule has 0 N–H and O–H groups in total. The van der Waals surface area contributed by atoms with Gasteiger partial charge in [0.1, 0.15) is 7.61 Å². The first-order valence-electron chi connectivity index (χ1n) is 3.28. The fourth-order valence-corrected chi connectivity index (χ4v) is 1.17. The molecule has 0 aliphatic carbocycles. The van der Waals surface area contributed by atoms with Crippen LogP contribution in [0.3, 0.4) is 0 Å². The molecule has 0 atom stereocenters. The SMILES string of the molecule is [2H]c1oc2ncccc2c1Br. The van der Waals surface area contributed by atoms with Crippen molar-refractivity contribution < 1.29 is 5.79 Å². The van der Waals surface area contributed by atoms with Crippen LogP contribution in [-0.4, -0.2) is 4.98 Å². The van der Waals surface area contributed by atoms with Crippen LogP contribution in [-0.2, 0) is 0 Å². The summed E-state index contributed by atoms with van der Waals surface area (Å²) >= 11 is 3.23. The van der Waals surface area contributed by atoms with Crippen molar-refractivity contribution in [3.63, 3.8) is 0 Å². The van der Waals surface area contributed by atoms with Crippen molar-refractivity contribution >= 4 is 27.0 Å². The first-order chi connectivity index (χ1) is 5.29. The number of furan rings is 1. The second-order valence-corrected chi connectivity index (χ2v) is 2.67. The summed E-state index contributed by atoms with van der Waals surface area (Å²) in [5.74, 6) is 0. The van der Waals surface area contributed by atoms with Crippen LogP contribution in [0.1, 0.15) is 1.37 Å². The fraction of sp³-hybridized carbons (Fsp3) is 0. The Morgan fingerprint density at radius 2 is 2.60 bits per heavy atom. The maximum Gasteiger partial charge on any atom is 0.226 e. The third kappa shape index (κ3) is 0.743. The van der Waals surface area contributed by atoms with E-state index in [1.54, 1.807) is 6.20 Å². The summed E-state index contributed by atoms with van der Waals surface area (Å²) in [5, 5.41) is 0.845. The minimum atomic E-state index is 0.124. The predicted molar refractivity (Wildman–Crippen MR) is 41.7 cm³/mol. The second-order valence-electron chi connectivity index (χ2n) is 1.87. The molecule has 10 heavy (non-hydrogen) atoms. The third-order valence-corrected chi connectivity index (χ3v) is 1.83. The molecule has 0 fully saturated rings. The quantitative estimate of drug-likeness (QED) is 0.651. The van der Waals surface area contributed by atoms with Gasteiger partial charge >= 0.3 is 0 Å². The molecule has 3 heteroatoms. The van der Waals surface area contributed by atoms with Gasteiger partial charge in [0.05, 0.1) is 9.86 Å². The molecule has 0 bridgehead atoms. The lowest BCUT2D eigenvalue weighted by Crippen LogP contribution is -1.68. The first-order valence-corrected chi connectivity index (χ1v) is 3.58. The van der Waals surface area contributed by atoms with Crippen molar-refractivity contribution in [3.8, 4) is 0 Å². The molecule has 0 saturated heterocycles. The summed E-state index contributed by atoms with van der Waals surface area (Å²) in [6.45, 7) is 0. The summed E-state index contributed by atoms with van der Waals surface area (Å²) in [7, 11) is 0. The largest absolute Gasteiger partial charge is 0.445 e. The highest BCUT2D eigenvalue weighted by atomic mass is 79.9. The summed E-state index contributed by atoms with van der Waals surface area (Å²) in [4.78, 5) is 3.95. The van der Waals surface area contributed by atoms with Crippen LogP contribution >= 0.6 is 15.9 Å². The molecule has 0 unspecified atom stereocenters. The topological polar surface area (TPSA) is 26.0 Å². The number of hydrogen-bond donors (Lipinski definition) is 0. The Balaban J connectivity index is 2.92. The van der Waals surface area contributed by atoms with Crippen LogP contribution in [0.25, 0.3) is 11.1 Å². The van der Waals surface area contributed by atoms with Gasteiger partial charge in [-0.2, -0.15) is 0 Å². The predicted octanol–water partition coefficient (Wildman–Crippen LogP) is 2.59. The summed E-state index contributed by atoms with van der Waals surface area (Å²) in [6, 6.07) is 3.66. The van der Waals surface area contributed by atoms with E-state index in [-0.39, 0.29) is 6.24 Å². The third-order valence-electron chi connectivity index (χ3n) is 1.24. The molecule has 2 aromatic rings. The zero-order valence-electron chi connectivity index (χ0n) is 5.97. The van der Waals surface area contributed by atoms with Crippen LogP contribution in [0.2, 0.25) is 0 Å². The summed E-state index contributed by atoms with van der Waals surface area (Å²) in [6.07, 6.45) is 1.76. The lowest BCUT2D eigenvalue weighted by Gasteiger charge is -1.82. The number of hydrogen-bond acceptors (Lipinski definition) is 2. The van der Waals surface area contributed by atoms with E-state index in [9.17, 15) is 0 Å². The van der Waals surface area contributed by atoms with E-state index in [4.69, 9.17) is 5.79 Å². The standard InChI is InChI=1S/C7H4BrNO/c8-6-4-10-7-5(6)2-1-3-9-7/h1-4H/i4D. The van der Waals surface area contributed by atoms with Crippen LogP contribution in [0.15, 0.2) is 33.5 Å². The lowest BCUT2D eigenvalue weighted by molar-refractivity contribution is 0.601. The lowest BCUT2D eigenvalue weighted by atomic mass is 10.3. The average molecular weight is 199 g/mol. The van der Waals surface area contributed by atoms with Gasteiger partial charge in [-0.25, -0.2) is 4.98 Å². The van der Waals surface area contributed by atoms with Crippen molar-refractivity contribution in [2.45, 2.75) is 0 Å². The normalized spacial score (nSPS) is 11.9. The van der Waals surface area contributed by atoms with Gasteiger partial charge in [0, 0.05) is 6.20 Å². The highest BCUT2D eigenvalue weighted by Crippen LogP contribution is 2.23. The van der Waals surface area contributed by atoms with Gasteiger partial charge in [0.15, 0.2) is 0 Å². The van der Waals surface area contributed by atoms with E-state index in [2.05, 4.69) is 20.9 Å². The molecule has 2 rings (SSSR count). The Morgan fingerprint density at radius 1 is 1.70 bits per heavy atom. The monoisotopic (exact) mass is 198 g/mol. The van der Waals surface area contributed by atoms with Crippen molar-refractivity contribution in [3.05, 3.63) is 29.0 Å². The summed E-state index contributed by atoms with van der Waals surface area (Å²) in [5.41, 5.74) is 0.504. The number of rotatable bonds is 0. The molecular weight excluding hydrogens is 194 g/mol. The number of halogens is 1. The first kappa shape index (κ1) is 4.91. The van der Waals surface area contributed by atoms with Crippen LogP contribution in [0, 0.1) is 0 Å². The zero-order valence-corrected chi connectivity index (χ0v) is 6.55. The van der Waals surface area contributed by atoms with Gasteiger partial charge in [-0.1, -0.05) is 0 Å². The highest BCUT2D eigenvalue weighted by molar-refractivity contribution is 9.10. The van der Waals surface area contributed by atoms with Gasteiger partial charge in [-0.15, -0.1) is 0 Å². The molecule has 0 aliphatic heterocycles. The number of fused-ring (bicyclic) bond motifs is 1. The minimum absolute atomic E-state index is 0.124. The van der Waals surface area contributed by atoms with Crippen molar-refractivity contribution in [1.29, 1.82) is 0 Å². The molecular formula is C7H4BrNO. The molecule has 0 spiro atoms. The van der Waals surface area contributed by atoms with Crippen LogP contribution < -0.4 is 0 Å². The van der Waals surface area contributed by atoms with Crippen molar-refractivity contribution in [2.24, 2.45) is 0 Å². The minimum Gasteiger partial charge on any atom is -0.445 e. The van der Waals surface area contributed by atoms with Gasteiger partial charge in [0.25, 0.3) is 0 Å². The van der Waals surface area contributed by atoms with Crippen LogP contribution in [0.5, 0.6) is 0 Å². The molecule has 0 amide bonds. The Morgan fingerprint density at radius 3 is 3.40 bits per heavy atom. The molecule has 2 heterocycles. The Kier molecular flexibility index (Phi) is 1.03. The Labute approximate surface area is 67.4 Å². The van der Waals surface area contributed by atoms with Gasteiger partial charge in [-0.3, -0.25) is 0 Å². The van der Waals surface area contributed by atoms with Crippen LogP contribution in [0.4, 0.5) is 0 Å². The number of pyridine rings is 1. The molecule has 2 aromatic heterocycles. The molecule has 0 radical (unpaired) electrons.